The van der Waals surface area contributed by atoms with E-state index in [1.165, 1.54) is 39.1 Å². The van der Waals surface area contributed by atoms with Crippen LogP contribution in [0.5, 0.6) is 0 Å². The molecule has 1 fully saturated rings. The van der Waals surface area contributed by atoms with Crippen LogP contribution in [0.15, 0.2) is 0 Å². The van der Waals surface area contributed by atoms with Gasteiger partial charge in [0.1, 0.15) is 0 Å². The first kappa shape index (κ1) is 13.9. The average molecular weight is 228 g/mol. The summed E-state index contributed by atoms with van der Waals surface area (Å²) in [5, 5.41) is 9.47. The number of rotatable bonds is 7. The molecule has 0 aliphatic carbocycles. The minimum Gasteiger partial charge on any atom is -0.393 e. The third kappa shape index (κ3) is 5.28. The van der Waals surface area contributed by atoms with Crippen LogP contribution in [0.4, 0.5) is 0 Å². The van der Waals surface area contributed by atoms with Gasteiger partial charge >= 0.3 is 0 Å². The number of hydrogen-bond acceptors (Lipinski definition) is 3. The van der Waals surface area contributed by atoms with Crippen LogP contribution in [-0.2, 0) is 0 Å². The molecule has 1 N–H and O–H groups in total. The molecular formula is C13H28N2O. The largest absolute Gasteiger partial charge is 0.393 e. The van der Waals surface area contributed by atoms with Crippen molar-refractivity contribution in [3.05, 3.63) is 0 Å². The van der Waals surface area contributed by atoms with Crippen molar-refractivity contribution in [3.63, 3.8) is 0 Å². The van der Waals surface area contributed by atoms with Gasteiger partial charge in [0.05, 0.1) is 6.10 Å². The van der Waals surface area contributed by atoms with Crippen LogP contribution in [0, 0.1) is 0 Å². The quantitative estimate of drug-likeness (QED) is 0.716. The van der Waals surface area contributed by atoms with E-state index in [2.05, 4.69) is 16.7 Å². The van der Waals surface area contributed by atoms with Gasteiger partial charge in [-0.25, -0.2) is 0 Å². The molecule has 0 aromatic carbocycles. The highest BCUT2D eigenvalue weighted by Crippen LogP contribution is 2.06. The fourth-order valence-corrected chi connectivity index (χ4v) is 2.31. The van der Waals surface area contributed by atoms with Crippen LogP contribution >= 0.6 is 0 Å². The lowest BCUT2D eigenvalue weighted by atomic mass is 10.1. The summed E-state index contributed by atoms with van der Waals surface area (Å²) < 4.78 is 0. The first-order valence-corrected chi connectivity index (χ1v) is 6.89. The van der Waals surface area contributed by atoms with Crippen molar-refractivity contribution in [3.8, 4) is 0 Å². The minimum atomic E-state index is -0.0821. The van der Waals surface area contributed by atoms with E-state index < -0.39 is 0 Å². The molecule has 0 amide bonds. The van der Waals surface area contributed by atoms with Crippen LogP contribution in [0.3, 0.4) is 0 Å². The van der Waals surface area contributed by atoms with Crippen LogP contribution in [0.1, 0.15) is 39.5 Å². The molecule has 1 aliphatic heterocycles. The van der Waals surface area contributed by atoms with Gasteiger partial charge in [-0.2, -0.15) is 0 Å². The van der Waals surface area contributed by atoms with E-state index in [1.54, 1.807) is 0 Å². The summed E-state index contributed by atoms with van der Waals surface area (Å²) in [6.07, 6.45) is 4.18. The molecule has 0 spiro atoms. The Morgan fingerprint density at radius 3 is 2.06 bits per heavy atom. The average Bonchev–Trinajstić information content (AvgIpc) is 2.31. The zero-order valence-corrected chi connectivity index (χ0v) is 11.0. The molecule has 1 heterocycles. The molecule has 3 nitrogen and oxygen atoms in total. The van der Waals surface area contributed by atoms with Crippen molar-refractivity contribution in [1.29, 1.82) is 0 Å². The van der Waals surface area contributed by atoms with Gasteiger partial charge in [0, 0.05) is 26.2 Å². The van der Waals surface area contributed by atoms with Gasteiger partial charge in [-0.15, -0.1) is 0 Å². The highest BCUT2D eigenvalue weighted by Gasteiger charge is 2.15. The predicted octanol–water partition coefficient (Wildman–Crippen LogP) is 1.57. The number of hydrogen-bond donors (Lipinski definition) is 1. The van der Waals surface area contributed by atoms with Crippen molar-refractivity contribution in [2.24, 2.45) is 0 Å². The number of aliphatic hydroxyl groups excluding tert-OH is 1. The van der Waals surface area contributed by atoms with E-state index in [9.17, 15) is 5.11 Å². The summed E-state index contributed by atoms with van der Waals surface area (Å²) in [5.41, 5.74) is 0. The summed E-state index contributed by atoms with van der Waals surface area (Å²) in [6, 6.07) is 0. The van der Waals surface area contributed by atoms with E-state index in [1.807, 2.05) is 6.92 Å². The van der Waals surface area contributed by atoms with E-state index in [0.29, 0.717) is 0 Å². The van der Waals surface area contributed by atoms with Crippen LogP contribution in [0.25, 0.3) is 0 Å². The Morgan fingerprint density at radius 2 is 1.56 bits per heavy atom. The van der Waals surface area contributed by atoms with Gasteiger partial charge in [-0.3, -0.25) is 0 Å². The van der Waals surface area contributed by atoms with Crippen molar-refractivity contribution in [1.82, 2.24) is 9.80 Å². The lowest BCUT2D eigenvalue weighted by molar-refractivity contribution is 0.117. The van der Waals surface area contributed by atoms with Crippen LogP contribution < -0.4 is 0 Å². The molecule has 16 heavy (non-hydrogen) atoms. The summed E-state index contributed by atoms with van der Waals surface area (Å²) >= 11 is 0. The Hall–Kier alpha value is -0.120. The highest BCUT2D eigenvalue weighted by molar-refractivity contribution is 4.71. The zero-order valence-electron chi connectivity index (χ0n) is 11.0. The molecule has 1 saturated heterocycles. The third-order valence-corrected chi connectivity index (χ3v) is 3.49. The standard InChI is InChI=1S/C13H28N2O/c1-3-7-14-9-11-15(12-10-14)8-5-6-13(16)4-2/h13,16H,3-12H2,1-2H3. The first-order valence-electron chi connectivity index (χ1n) is 6.89. The highest BCUT2D eigenvalue weighted by atomic mass is 16.3. The van der Waals surface area contributed by atoms with Gasteiger partial charge in [-0.1, -0.05) is 13.8 Å². The van der Waals surface area contributed by atoms with Gasteiger partial charge < -0.3 is 14.9 Å². The number of piperazine rings is 1. The lowest BCUT2D eigenvalue weighted by Crippen LogP contribution is -2.46. The van der Waals surface area contributed by atoms with E-state index >= 15 is 0 Å². The van der Waals surface area contributed by atoms with Crippen LogP contribution in [0.2, 0.25) is 0 Å². The maximum absolute atomic E-state index is 9.47. The van der Waals surface area contributed by atoms with Crippen molar-refractivity contribution >= 4 is 0 Å². The number of aliphatic hydroxyl groups is 1. The molecule has 0 aromatic rings. The molecule has 1 aliphatic rings. The van der Waals surface area contributed by atoms with Crippen molar-refractivity contribution < 1.29 is 5.11 Å². The zero-order chi connectivity index (χ0) is 11.8. The minimum absolute atomic E-state index is 0.0821. The molecule has 0 aromatic heterocycles. The van der Waals surface area contributed by atoms with Crippen LogP contribution in [-0.4, -0.2) is 60.3 Å². The Labute approximate surface area is 100 Å². The molecule has 96 valence electrons. The fourth-order valence-electron chi connectivity index (χ4n) is 2.31. The Bertz CT molecular complexity index is 167. The molecule has 3 heteroatoms. The summed E-state index contributed by atoms with van der Waals surface area (Å²) in [6.45, 7) is 11.6. The molecule has 1 atom stereocenters. The van der Waals surface area contributed by atoms with Gasteiger partial charge in [0.2, 0.25) is 0 Å². The van der Waals surface area contributed by atoms with Gasteiger partial charge in [-0.05, 0) is 38.8 Å². The molecular weight excluding hydrogens is 200 g/mol. The Balaban J connectivity index is 2.03. The Kier molecular flexibility index (Phi) is 7.01. The third-order valence-electron chi connectivity index (χ3n) is 3.49. The van der Waals surface area contributed by atoms with E-state index in [-0.39, 0.29) is 6.10 Å². The second kappa shape index (κ2) is 8.04. The van der Waals surface area contributed by atoms with Gasteiger partial charge in [0.25, 0.3) is 0 Å². The topological polar surface area (TPSA) is 26.7 Å². The molecule has 0 radical (unpaired) electrons. The smallest absolute Gasteiger partial charge is 0.0538 e. The Morgan fingerprint density at radius 1 is 1.00 bits per heavy atom. The molecule has 1 unspecified atom stereocenters. The summed E-state index contributed by atoms with van der Waals surface area (Å²) in [4.78, 5) is 5.09. The lowest BCUT2D eigenvalue weighted by Gasteiger charge is -2.34. The van der Waals surface area contributed by atoms with Gasteiger partial charge in [0.15, 0.2) is 0 Å². The second-order valence-electron chi connectivity index (χ2n) is 4.89. The maximum Gasteiger partial charge on any atom is 0.0538 e. The fraction of sp³-hybridized carbons (Fsp3) is 1.00. The second-order valence-corrected chi connectivity index (χ2v) is 4.89. The maximum atomic E-state index is 9.47. The normalized spacial score (nSPS) is 21.2. The predicted molar refractivity (Wildman–Crippen MR) is 68.7 cm³/mol. The summed E-state index contributed by atoms with van der Waals surface area (Å²) in [7, 11) is 0. The molecule has 0 bridgehead atoms. The van der Waals surface area contributed by atoms with Crippen molar-refractivity contribution in [2.75, 3.05) is 39.3 Å². The van der Waals surface area contributed by atoms with E-state index in [4.69, 9.17) is 0 Å². The molecule has 1 rings (SSSR count). The SMILES string of the molecule is CCCN1CCN(CCCC(O)CC)CC1. The monoisotopic (exact) mass is 228 g/mol. The summed E-state index contributed by atoms with van der Waals surface area (Å²) in [5.74, 6) is 0. The van der Waals surface area contributed by atoms with E-state index in [0.717, 1.165) is 25.8 Å². The number of nitrogens with zero attached hydrogens (tertiary/aromatic N) is 2. The van der Waals surface area contributed by atoms with Crippen molar-refractivity contribution in [2.45, 2.75) is 45.6 Å². The molecule has 0 saturated carbocycles. The first-order chi connectivity index (χ1) is 7.76.